The number of nitrogen functional groups attached to an aromatic ring is 1. The highest BCUT2D eigenvalue weighted by Gasteiger charge is 2.20. The number of ketones is 1. The molecule has 92 valence electrons. The van der Waals surface area contributed by atoms with Gasteiger partial charge in [0.2, 0.25) is 0 Å². The Morgan fingerprint density at radius 2 is 2.00 bits per heavy atom. The minimum absolute atomic E-state index is 0.128. The Kier molecular flexibility index (Phi) is 4.25. The summed E-state index contributed by atoms with van der Waals surface area (Å²) in [6, 6.07) is 4.09. The Bertz CT molecular complexity index is 459. The maximum Gasteiger partial charge on any atom is 0.337 e. The summed E-state index contributed by atoms with van der Waals surface area (Å²) < 4.78 is 0. The Morgan fingerprint density at radius 1 is 1.41 bits per heavy atom. The van der Waals surface area contributed by atoms with Gasteiger partial charge in [-0.05, 0) is 24.6 Å². The number of aliphatic carboxylic acids is 1. The van der Waals surface area contributed by atoms with Crippen LogP contribution >= 0.6 is 15.9 Å². The Labute approximate surface area is 106 Å². The molecule has 1 aromatic carbocycles. The van der Waals surface area contributed by atoms with E-state index in [0.29, 0.717) is 0 Å². The van der Waals surface area contributed by atoms with Crippen molar-refractivity contribution >= 4 is 33.4 Å². The van der Waals surface area contributed by atoms with Crippen molar-refractivity contribution in [3.63, 3.8) is 0 Å². The lowest BCUT2D eigenvalue weighted by Crippen LogP contribution is -2.15. The molecule has 1 rings (SSSR count). The number of nitrogens with two attached hydrogens (primary N) is 1. The number of halogens is 1. The maximum absolute atomic E-state index is 11.8. The predicted molar refractivity (Wildman–Crippen MR) is 66.2 cm³/mol. The molecule has 1 aromatic rings. The van der Waals surface area contributed by atoms with Gasteiger partial charge in [0.1, 0.15) is 0 Å². The fourth-order valence-corrected chi connectivity index (χ4v) is 1.56. The SMILES string of the molecule is CC(Br)C(=O)c1cc(C(O)C(=O)O)ccc1N. The van der Waals surface area contributed by atoms with Crippen LogP contribution in [0.5, 0.6) is 0 Å². The molecular weight excluding hydrogens is 290 g/mol. The zero-order chi connectivity index (χ0) is 13.2. The van der Waals surface area contributed by atoms with Crippen molar-refractivity contribution in [2.24, 2.45) is 0 Å². The number of alkyl halides is 1. The number of rotatable bonds is 4. The van der Waals surface area contributed by atoms with Crippen molar-refractivity contribution in [2.45, 2.75) is 17.9 Å². The predicted octanol–water partition coefficient (Wildman–Crippen LogP) is 1.35. The summed E-state index contributed by atoms with van der Waals surface area (Å²) in [5.41, 5.74) is 6.22. The molecule has 0 spiro atoms. The monoisotopic (exact) mass is 301 g/mol. The number of benzene rings is 1. The zero-order valence-corrected chi connectivity index (χ0v) is 10.6. The second kappa shape index (κ2) is 5.29. The molecule has 17 heavy (non-hydrogen) atoms. The lowest BCUT2D eigenvalue weighted by atomic mass is 10.0. The molecule has 0 aliphatic carbocycles. The maximum atomic E-state index is 11.8. The minimum atomic E-state index is -1.66. The van der Waals surface area contributed by atoms with Gasteiger partial charge in [0.15, 0.2) is 11.9 Å². The highest BCUT2D eigenvalue weighted by Crippen LogP contribution is 2.22. The van der Waals surface area contributed by atoms with Crippen LogP contribution in [-0.2, 0) is 4.79 Å². The van der Waals surface area contributed by atoms with Gasteiger partial charge in [-0.15, -0.1) is 0 Å². The van der Waals surface area contributed by atoms with E-state index in [2.05, 4.69) is 15.9 Å². The number of carbonyl (C=O) groups is 2. The van der Waals surface area contributed by atoms with Crippen LogP contribution in [0.15, 0.2) is 18.2 Å². The molecule has 0 fully saturated rings. The summed E-state index contributed by atoms with van der Waals surface area (Å²) in [7, 11) is 0. The van der Waals surface area contributed by atoms with Crippen molar-refractivity contribution in [3.05, 3.63) is 29.3 Å². The van der Waals surface area contributed by atoms with E-state index in [9.17, 15) is 14.7 Å². The molecule has 0 saturated heterocycles. The topological polar surface area (TPSA) is 101 Å². The van der Waals surface area contributed by atoms with E-state index < -0.39 is 16.9 Å². The minimum Gasteiger partial charge on any atom is -0.479 e. The first-order valence-corrected chi connectivity index (χ1v) is 5.74. The van der Waals surface area contributed by atoms with E-state index in [1.807, 2.05) is 0 Å². The molecule has 0 heterocycles. The normalized spacial score (nSPS) is 14.1. The van der Waals surface area contributed by atoms with Crippen LogP contribution in [0.4, 0.5) is 5.69 Å². The van der Waals surface area contributed by atoms with Crippen LogP contribution in [0, 0.1) is 0 Å². The third-order valence-corrected chi connectivity index (χ3v) is 2.67. The zero-order valence-electron chi connectivity index (χ0n) is 9.05. The number of Topliss-reactive ketones (excluding diaryl/α,β-unsaturated/α-hetero) is 1. The first-order chi connectivity index (χ1) is 7.84. The highest BCUT2D eigenvalue weighted by molar-refractivity contribution is 9.10. The van der Waals surface area contributed by atoms with E-state index >= 15 is 0 Å². The Morgan fingerprint density at radius 3 is 2.47 bits per heavy atom. The van der Waals surface area contributed by atoms with Crippen molar-refractivity contribution < 1.29 is 19.8 Å². The van der Waals surface area contributed by atoms with Crippen LogP contribution < -0.4 is 5.73 Å². The van der Waals surface area contributed by atoms with Crippen molar-refractivity contribution in [1.29, 1.82) is 0 Å². The molecule has 0 amide bonds. The Balaban J connectivity index is 3.19. The first kappa shape index (κ1) is 13.7. The van der Waals surface area contributed by atoms with Crippen LogP contribution in [0.2, 0.25) is 0 Å². The molecule has 0 aliphatic rings. The summed E-state index contributed by atoms with van der Waals surface area (Å²) in [4.78, 5) is 21.9. The summed E-state index contributed by atoms with van der Waals surface area (Å²) in [5, 5.41) is 18.0. The number of hydrogen-bond donors (Lipinski definition) is 3. The molecule has 5 nitrogen and oxygen atoms in total. The summed E-state index contributed by atoms with van der Waals surface area (Å²) in [6.45, 7) is 1.64. The van der Waals surface area contributed by atoms with Gasteiger partial charge in [0, 0.05) is 11.3 Å². The van der Waals surface area contributed by atoms with Gasteiger partial charge in [0.25, 0.3) is 0 Å². The summed E-state index contributed by atoms with van der Waals surface area (Å²) in [6.07, 6.45) is -1.66. The third-order valence-electron chi connectivity index (χ3n) is 2.25. The van der Waals surface area contributed by atoms with Gasteiger partial charge in [-0.3, -0.25) is 4.79 Å². The van der Waals surface area contributed by atoms with Crippen LogP contribution in [0.1, 0.15) is 28.9 Å². The standard InChI is InChI=1S/C11H12BrNO4/c1-5(12)9(14)7-4-6(2-3-8(7)13)10(15)11(16)17/h2-5,10,15H,13H2,1H3,(H,16,17). The highest BCUT2D eigenvalue weighted by atomic mass is 79.9. The third kappa shape index (κ3) is 3.04. The number of carboxylic acid groups (broad SMARTS) is 1. The van der Waals surface area contributed by atoms with E-state index in [-0.39, 0.29) is 22.6 Å². The first-order valence-electron chi connectivity index (χ1n) is 4.83. The van der Waals surface area contributed by atoms with Gasteiger partial charge in [-0.1, -0.05) is 22.0 Å². The second-order valence-corrected chi connectivity index (χ2v) is 4.94. The van der Waals surface area contributed by atoms with Crippen LogP contribution in [0.25, 0.3) is 0 Å². The van der Waals surface area contributed by atoms with E-state index in [1.165, 1.54) is 18.2 Å². The molecule has 0 bridgehead atoms. The average molecular weight is 302 g/mol. The van der Waals surface area contributed by atoms with Crippen LogP contribution in [0.3, 0.4) is 0 Å². The van der Waals surface area contributed by atoms with E-state index in [1.54, 1.807) is 6.92 Å². The summed E-state index contributed by atoms with van der Waals surface area (Å²) >= 11 is 3.12. The van der Waals surface area contributed by atoms with Gasteiger partial charge in [0.05, 0.1) is 4.83 Å². The van der Waals surface area contributed by atoms with E-state index in [0.717, 1.165) is 0 Å². The molecule has 4 N–H and O–H groups in total. The molecule has 0 aliphatic heterocycles. The second-order valence-electron chi connectivity index (χ2n) is 3.57. The number of carbonyl (C=O) groups excluding carboxylic acids is 1. The fourth-order valence-electron chi connectivity index (χ4n) is 1.31. The quantitative estimate of drug-likeness (QED) is 0.443. The average Bonchev–Trinajstić information content (AvgIpc) is 2.27. The molecule has 2 atom stereocenters. The number of anilines is 1. The largest absolute Gasteiger partial charge is 0.479 e. The lowest BCUT2D eigenvalue weighted by molar-refractivity contribution is -0.146. The number of carboxylic acids is 1. The van der Waals surface area contributed by atoms with Gasteiger partial charge < -0.3 is 15.9 Å². The van der Waals surface area contributed by atoms with Crippen LogP contribution in [-0.4, -0.2) is 26.8 Å². The van der Waals surface area contributed by atoms with Crippen molar-refractivity contribution in [1.82, 2.24) is 0 Å². The number of hydrogen-bond acceptors (Lipinski definition) is 4. The molecular formula is C11H12BrNO4. The lowest BCUT2D eigenvalue weighted by Gasteiger charge is -2.11. The van der Waals surface area contributed by atoms with E-state index in [4.69, 9.17) is 10.8 Å². The Hall–Kier alpha value is -1.40. The molecule has 0 aromatic heterocycles. The van der Waals surface area contributed by atoms with Crippen molar-refractivity contribution in [2.75, 3.05) is 5.73 Å². The summed E-state index contributed by atoms with van der Waals surface area (Å²) in [5.74, 6) is -1.64. The van der Waals surface area contributed by atoms with Gasteiger partial charge in [-0.2, -0.15) is 0 Å². The molecule has 0 radical (unpaired) electrons. The number of aliphatic hydroxyl groups excluding tert-OH is 1. The smallest absolute Gasteiger partial charge is 0.337 e. The van der Waals surface area contributed by atoms with Crippen molar-refractivity contribution in [3.8, 4) is 0 Å². The number of aliphatic hydroxyl groups is 1. The molecule has 0 saturated carbocycles. The fraction of sp³-hybridized carbons (Fsp3) is 0.273. The van der Waals surface area contributed by atoms with Gasteiger partial charge in [-0.25, -0.2) is 4.79 Å². The van der Waals surface area contributed by atoms with Gasteiger partial charge >= 0.3 is 5.97 Å². The molecule has 2 unspecified atom stereocenters. The molecule has 6 heteroatoms.